The minimum atomic E-state index is -1.32. The van der Waals surface area contributed by atoms with Gasteiger partial charge in [-0.2, -0.15) is 5.10 Å². The molecule has 1 saturated carbocycles. The summed E-state index contributed by atoms with van der Waals surface area (Å²) in [5.41, 5.74) is 0.892. The zero-order valence-electron chi connectivity index (χ0n) is 7.53. The lowest BCUT2D eigenvalue weighted by Crippen LogP contribution is -2.07. The molecule has 0 aliphatic heterocycles. The van der Waals surface area contributed by atoms with Crippen molar-refractivity contribution >= 4 is 22.1 Å². The van der Waals surface area contributed by atoms with E-state index in [0.717, 1.165) is 18.5 Å². The van der Waals surface area contributed by atoms with Gasteiger partial charge in [-0.25, -0.2) is 9.48 Å². The number of ether oxygens (including phenoxy) is 1. The molecular formula is C8H9BrN2O3. The van der Waals surface area contributed by atoms with Gasteiger partial charge in [0, 0.05) is 13.0 Å². The molecule has 1 heterocycles. The number of aromatic nitrogens is 2. The molecule has 1 aliphatic rings. The third kappa shape index (κ3) is 1.61. The molecule has 1 aromatic rings. The predicted molar refractivity (Wildman–Crippen MR) is 51.5 cm³/mol. The Bertz CT molecular complexity index is 384. The third-order valence-corrected chi connectivity index (χ3v) is 2.86. The number of aryl methyl sites for hydroxylation is 1. The van der Waals surface area contributed by atoms with Gasteiger partial charge in [-0.15, -0.1) is 0 Å². The molecule has 0 amide bonds. The van der Waals surface area contributed by atoms with Gasteiger partial charge in [0.15, 0.2) is 0 Å². The molecule has 76 valence electrons. The Morgan fingerprint density at radius 1 is 1.71 bits per heavy atom. The summed E-state index contributed by atoms with van der Waals surface area (Å²) in [6.07, 6.45) is 0.903. The number of nitrogens with zero attached hydrogens (tertiary/aromatic N) is 2. The summed E-state index contributed by atoms with van der Waals surface area (Å²) in [4.78, 5) is 10.4. The first-order valence-corrected chi connectivity index (χ1v) is 5.02. The Hall–Kier alpha value is -1.04. The van der Waals surface area contributed by atoms with Gasteiger partial charge in [-0.1, -0.05) is 0 Å². The molecule has 0 atom stereocenters. The van der Waals surface area contributed by atoms with Crippen LogP contribution in [0.25, 0.3) is 0 Å². The fourth-order valence-electron chi connectivity index (χ4n) is 1.31. The van der Waals surface area contributed by atoms with Crippen LogP contribution in [0.3, 0.4) is 0 Å². The molecule has 1 fully saturated rings. The fourth-order valence-corrected chi connectivity index (χ4v) is 2.05. The minimum Gasteiger partial charge on any atom is -0.449 e. The molecule has 14 heavy (non-hydrogen) atoms. The van der Waals surface area contributed by atoms with Crippen molar-refractivity contribution in [2.75, 3.05) is 0 Å². The number of carbonyl (C=O) groups is 1. The van der Waals surface area contributed by atoms with Gasteiger partial charge in [-0.3, -0.25) is 0 Å². The maximum absolute atomic E-state index is 10.4. The van der Waals surface area contributed by atoms with E-state index < -0.39 is 6.16 Å². The highest BCUT2D eigenvalue weighted by molar-refractivity contribution is 9.10. The summed E-state index contributed by atoms with van der Waals surface area (Å²) in [6.45, 7) is 0. The molecule has 0 bridgehead atoms. The first-order chi connectivity index (χ1) is 6.59. The average Bonchev–Trinajstić information content (AvgIpc) is 2.88. The predicted octanol–water partition coefficient (Wildman–Crippen LogP) is 2.12. The standard InChI is InChI=1S/C8H9BrN2O3/c1-11-7(14-8(12)13)5(9)6(10-11)4-2-3-4/h4H,2-3H2,1H3,(H,12,13). The van der Waals surface area contributed by atoms with Crippen LogP contribution in [0.1, 0.15) is 24.5 Å². The number of rotatable bonds is 2. The second-order valence-electron chi connectivity index (χ2n) is 3.27. The van der Waals surface area contributed by atoms with Crippen LogP contribution < -0.4 is 4.74 Å². The topological polar surface area (TPSA) is 64.4 Å². The molecular weight excluding hydrogens is 252 g/mol. The monoisotopic (exact) mass is 260 g/mol. The van der Waals surface area contributed by atoms with Crippen molar-refractivity contribution in [2.45, 2.75) is 18.8 Å². The molecule has 0 saturated heterocycles. The Labute approximate surface area is 88.8 Å². The maximum atomic E-state index is 10.4. The number of hydrogen-bond acceptors (Lipinski definition) is 3. The zero-order chi connectivity index (χ0) is 10.3. The molecule has 2 rings (SSSR count). The van der Waals surface area contributed by atoms with Crippen molar-refractivity contribution in [1.82, 2.24) is 9.78 Å². The number of halogens is 1. The summed E-state index contributed by atoms with van der Waals surface area (Å²) in [6, 6.07) is 0. The van der Waals surface area contributed by atoms with E-state index in [9.17, 15) is 4.79 Å². The Kier molecular flexibility index (Phi) is 2.22. The number of hydrogen-bond donors (Lipinski definition) is 1. The maximum Gasteiger partial charge on any atom is 0.512 e. The second kappa shape index (κ2) is 3.27. The molecule has 5 nitrogen and oxygen atoms in total. The van der Waals surface area contributed by atoms with Gasteiger partial charge in [0.05, 0.1) is 5.69 Å². The Balaban J connectivity index is 2.33. The van der Waals surface area contributed by atoms with Gasteiger partial charge in [0.25, 0.3) is 0 Å². The van der Waals surface area contributed by atoms with E-state index in [2.05, 4.69) is 25.8 Å². The van der Waals surface area contributed by atoms with Crippen LogP contribution in [-0.4, -0.2) is 21.0 Å². The average molecular weight is 261 g/mol. The molecule has 0 radical (unpaired) electrons. The van der Waals surface area contributed by atoms with Crippen LogP contribution in [0.4, 0.5) is 4.79 Å². The van der Waals surface area contributed by atoms with Gasteiger partial charge < -0.3 is 9.84 Å². The van der Waals surface area contributed by atoms with Gasteiger partial charge in [0.2, 0.25) is 5.88 Å². The van der Waals surface area contributed by atoms with Gasteiger partial charge in [-0.05, 0) is 28.8 Å². The third-order valence-electron chi connectivity index (χ3n) is 2.11. The number of carboxylic acid groups (broad SMARTS) is 1. The van der Waals surface area contributed by atoms with Gasteiger partial charge >= 0.3 is 6.16 Å². The second-order valence-corrected chi connectivity index (χ2v) is 4.06. The van der Waals surface area contributed by atoms with E-state index in [4.69, 9.17) is 5.11 Å². The van der Waals surface area contributed by atoms with Crippen molar-refractivity contribution in [2.24, 2.45) is 7.05 Å². The van der Waals surface area contributed by atoms with Crippen LogP contribution in [0.5, 0.6) is 5.88 Å². The van der Waals surface area contributed by atoms with E-state index in [0.29, 0.717) is 10.4 Å². The zero-order valence-corrected chi connectivity index (χ0v) is 9.11. The van der Waals surface area contributed by atoms with Crippen LogP contribution in [-0.2, 0) is 7.05 Å². The van der Waals surface area contributed by atoms with E-state index in [1.54, 1.807) is 7.05 Å². The Morgan fingerprint density at radius 3 is 2.86 bits per heavy atom. The Morgan fingerprint density at radius 2 is 2.36 bits per heavy atom. The molecule has 6 heteroatoms. The van der Waals surface area contributed by atoms with Crippen LogP contribution in [0.15, 0.2) is 4.47 Å². The van der Waals surface area contributed by atoms with Crippen molar-refractivity contribution < 1.29 is 14.6 Å². The SMILES string of the molecule is Cn1nc(C2CC2)c(Br)c1OC(=O)O. The normalized spacial score (nSPS) is 15.6. The van der Waals surface area contributed by atoms with Gasteiger partial charge in [0.1, 0.15) is 4.47 Å². The quantitative estimate of drug-likeness (QED) is 0.828. The van der Waals surface area contributed by atoms with Crippen LogP contribution in [0.2, 0.25) is 0 Å². The highest BCUT2D eigenvalue weighted by atomic mass is 79.9. The highest BCUT2D eigenvalue weighted by Crippen LogP contribution is 2.45. The summed E-state index contributed by atoms with van der Waals surface area (Å²) < 4.78 is 6.70. The first-order valence-electron chi connectivity index (χ1n) is 4.22. The lowest BCUT2D eigenvalue weighted by atomic mass is 10.3. The fraction of sp³-hybridized carbons (Fsp3) is 0.500. The van der Waals surface area contributed by atoms with E-state index in [-0.39, 0.29) is 5.88 Å². The molecule has 1 N–H and O–H groups in total. The van der Waals surface area contributed by atoms with Crippen molar-refractivity contribution in [3.8, 4) is 5.88 Å². The largest absolute Gasteiger partial charge is 0.512 e. The van der Waals surface area contributed by atoms with Crippen molar-refractivity contribution in [3.63, 3.8) is 0 Å². The molecule has 1 aromatic heterocycles. The van der Waals surface area contributed by atoms with E-state index in [1.165, 1.54) is 4.68 Å². The lowest BCUT2D eigenvalue weighted by molar-refractivity contribution is 0.140. The summed E-state index contributed by atoms with van der Waals surface area (Å²) in [7, 11) is 1.66. The van der Waals surface area contributed by atoms with Crippen molar-refractivity contribution in [3.05, 3.63) is 10.2 Å². The first kappa shape index (κ1) is 9.51. The summed E-state index contributed by atoms with van der Waals surface area (Å²) in [5.74, 6) is 0.709. The van der Waals surface area contributed by atoms with E-state index >= 15 is 0 Å². The smallest absolute Gasteiger partial charge is 0.449 e. The van der Waals surface area contributed by atoms with E-state index in [1.807, 2.05) is 0 Å². The summed E-state index contributed by atoms with van der Waals surface area (Å²) in [5, 5.41) is 12.7. The highest BCUT2D eigenvalue weighted by Gasteiger charge is 2.31. The van der Waals surface area contributed by atoms with Crippen molar-refractivity contribution in [1.29, 1.82) is 0 Å². The van der Waals surface area contributed by atoms with Crippen LogP contribution in [0, 0.1) is 0 Å². The minimum absolute atomic E-state index is 0.249. The lowest BCUT2D eigenvalue weighted by Gasteiger charge is -1.98. The van der Waals surface area contributed by atoms with Crippen LogP contribution >= 0.6 is 15.9 Å². The molecule has 0 aromatic carbocycles. The molecule has 0 spiro atoms. The molecule has 0 unspecified atom stereocenters. The summed E-state index contributed by atoms with van der Waals surface area (Å²) >= 11 is 3.30. The molecule has 1 aliphatic carbocycles.